The van der Waals surface area contributed by atoms with Gasteiger partial charge in [-0.05, 0) is 48.3 Å². The molecular weight excluding hydrogens is 278 g/mol. The molecule has 3 N–H and O–H groups in total. The van der Waals surface area contributed by atoms with E-state index in [0.29, 0.717) is 18.9 Å². The molecule has 3 atom stereocenters. The Bertz CT molecular complexity index is 529. The summed E-state index contributed by atoms with van der Waals surface area (Å²) in [6.45, 7) is 6.53. The summed E-state index contributed by atoms with van der Waals surface area (Å²) < 4.78 is 0. The molecule has 1 saturated carbocycles. The zero-order chi connectivity index (χ0) is 16.3. The quantitative estimate of drug-likeness (QED) is 0.801. The van der Waals surface area contributed by atoms with E-state index in [1.807, 2.05) is 6.07 Å². The zero-order valence-electron chi connectivity index (χ0n) is 13.7. The Labute approximate surface area is 132 Å². The molecule has 4 heteroatoms. The number of carbonyl (C=O) groups is 1. The summed E-state index contributed by atoms with van der Waals surface area (Å²) in [6, 6.07) is 6.79. The predicted molar refractivity (Wildman–Crippen MR) is 86.2 cm³/mol. The Morgan fingerprint density at radius 2 is 2.14 bits per heavy atom. The summed E-state index contributed by atoms with van der Waals surface area (Å²) in [6.07, 6.45) is 2.46. The normalized spacial score (nSPS) is 28.6. The fraction of sp³-hybridized carbons (Fsp3) is 0.611. The van der Waals surface area contributed by atoms with Crippen LogP contribution in [0.3, 0.4) is 0 Å². The third-order valence-corrected chi connectivity index (χ3v) is 4.81. The molecule has 1 fully saturated rings. The van der Waals surface area contributed by atoms with Gasteiger partial charge in [-0.15, -0.1) is 0 Å². The van der Waals surface area contributed by atoms with Gasteiger partial charge in [-0.3, -0.25) is 4.79 Å². The molecular formula is C18H27NO3. The van der Waals surface area contributed by atoms with Crippen molar-refractivity contribution in [3.8, 4) is 5.75 Å². The van der Waals surface area contributed by atoms with Gasteiger partial charge in [-0.2, -0.15) is 0 Å². The molecule has 1 aromatic rings. The topological polar surface area (TPSA) is 69.6 Å². The van der Waals surface area contributed by atoms with Crippen molar-refractivity contribution < 1.29 is 15.0 Å². The minimum absolute atomic E-state index is 0.00660. The minimum atomic E-state index is -1.29. The highest BCUT2D eigenvalue weighted by atomic mass is 16.3. The summed E-state index contributed by atoms with van der Waals surface area (Å²) >= 11 is 0. The van der Waals surface area contributed by atoms with Gasteiger partial charge in [0.1, 0.15) is 11.4 Å². The average Bonchev–Trinajstić information content (AvgIpc) is 2.44. The molecule has 0 heterocycles. The lowest BCUT2D eigenvalue weighted by atomic mass is 9.66. The van der Waals surface area contributed by atoms with Crippen molar-refractivity contribution in [1.82, 2.24) is 5.32 Å². The van der Waals surface area contributed by atoms with Crippen LogP contribution in [0.15, 0.2) is 24.3 Å². The van der Waals surface area contributed by atoms with Crippen LogP contribution in [-0.4, -0.2) is 21.7 Å². The Balaban J connectivity index is 2.08. The van der Waals surface area contributed by atoms with Gasteiger partial charge in [0.2, 0.25) is 0 Å². The zero-order valence-corrected chi connectivity index (χ0v) is 13.7. The fourth-order valence-electron chi connectivity index (χ4n) is 3.64. The lowest BCUT2D eigenvalue weighted by molar-refractivity contribution is -0.156. The van der Waals surface area contributed by atoms with Crippen LogP contribution >= 0.6 is 0 Å². The highest BCUT2D eigenvalue weighted by molar-refractivity contribution is 5.85. The maximum atomic E-state index is 12.6. The first-order valence-corrected chi connectivity index (χ1v) is 8.11. The van der Waals surface area contributed by atoms with Gasteiger partial charge in [-0.25, -0.2) is 0 Å². The second-order valence-corrected chi connectivity index (χ2v) is 7.01. The van der Waals surface area contributed by atoms with E-state index in [4.69, 9.17) is 0 Å². The summed E-state index contributed by atoms with van der Waals surface area (Å²) in [7, 11) is 0. The third-order valence-electron chi connectivity index (χ3n) is 4.81. The van der Waals surface area contributed by atoms with Gasteiger partial charge in [0, 0.05) is 6.54 Å². The second-order valence-electron chi connectivity index (χ2n) is 7.01. The molecule has 0 spiro atoms. The number of carbonyl (C=O) groups excluding carboxylic acids is 1. The highest BCUT2D eigenvalue weighted by Gasteiger charge is 2.48. The van der Waals surface area contributed by atoms with Crippen molar-refractivity contribution in [1.29, 1.82) is 0 Å². The standard InChI is InChI=1S/C18H27NO3/c1-12(2)16-8-7-13(3)10-18(16,22)17(21)19-11-14-5-4-6-15(20)9-14/h4-6,9,12-13,16,20,22H,7-8,10-11H2,1-3H3,(H,19,21)/t13?,16?,18-/m1/s1. The predicted octanol–water partition coefficient (Wildman–Crippen LogP) is 2.83. The molecule has 1 aliphatic carbocycles. The lowest BCUT2D eigenvalue weighted by Crippen LogP contribution is -2.56. The molecule has 0 radical (unpaired) electrons. The Hall–Kier alpha value is -1.55. The first kappa shape index (κ1) is 16.8. The third kappa shape index (κ3) is 3.61. The Kier molecular flexibility index (Phi) is 5.12. The number of rotatable bonds is 4. The SMILES string of the molecule is CC1CCC(C(C)C)[C@@](O)(C(=O)NCc2cccc(O)c2)C1. The number of amides is 1. The van der Waals surface area contributed by atoms with E-state index in [0.717, 1.165) is 18.4 Å². The van der Waals surface area contributed by atoms with Crippen LogP contribution < -0.4 is 5.32 Å². The molecule has 1 aliphatic rings. The minimum Gasteiger partial charge on any atom is -0.508 e. The van der Waals surface area contributed by atoms with Crippen LogP contribution in [0, 0.1) is 17.8 Å². The van der Waals surface area contributed by atoms with E-state index in [2.05, 4.69) is 26.1 Å². The van der Waals surface area contributed by atoms with E-state index in [-0.39, 0.29) is 23.5 Å². The van der Waals surface area contributed by atoms with Crippen LogP contribution in [0.25, 0.3) is 0 Å². The summed E-state index contributed by atoms with van der Waals surface area (Å²) in [5, 5.41) is 23.3. The molecule has 2 rings (SSSR count). The van der Waals surface area contributed by atoms with Gasteiger partial charge < -0.3 is 15.5 Å². The summed E-state index contributed by atoms with van der Waals surface area (Å²) in [5.41, 5.74) is -0.468. The van der Waals surface area contributed by atoms with Crippen molar-refractivity contribution in [3.05, 3.63) is 29.8 Å². The van der Waals surface area contributed by atoms with Gasteiger partial charge >= 0.3 is 0 Å². The summed E-state index contributed by atoms with van der Waals surface area (Å²) in [5.74, 6) is 0.501. The molecule has 0 aromatic heterocycles. The van der Waals surface area contributed by atoms with E-state index >= 15 is 0 Å². The number of phenolic OH excluding ortho intramolecular Hbond substituents is 1. The molecule has 0 bridgehead atoms. The molecule has 1 amide bonds. The molecule has 0 aliphatic heterocycles. The molecule has 22 heavy (non-hydrogen) atoms. The number of benzene rings is 1. The first-order valence-electron chi connectivity index (χ1n) is 8.11. The monoisotopic (exact) mass is 305 g/mol. The number of hydrogen-bond donors (Lipinski definition) is 3. The fourth-order valence-corrected chi connectivity index (χ4v) is 3.64. The largest absolute Gasteiger partial charge is 0.508 e. The van der Waals surface area contributed by atoms with Crippen LogP contribution in [-0.2, 0) is 11.3 Å². The van der Waals surface area contributed by atoms with Crippen LogP contribution in [0.4, 0.5) is 0 Å². The van der Waals surface area contributed by atoms with Crippen LogP contribution in [0.2, 0.25) is 0 Å². The molecule has 2 unspecified atom stereocenters. The maximum Gasteiger partial charge on any atom is 0.252 e. The molecule has 122 valence electrons. The number of phenols is 1. The number of aromatic hydroxyl groups is 1. The summed E-state index contributed by atoms with van der Waals surface area (Å²) in [4.78, 5) is 12.6. The Morgan fingerprint density at radius 1 is 1.41 bits per heavy atom. The van der Waals surface area contributed by atoms with E-state index < -0.39 is 5.60 Å². The number of hydrogen-bond acceptors (Lipinski definition) is 3. The molecule has 0 saturated heterocycles. The second kappa shape index (κ2) is 6.69. The average molecular weight is 305 g/mol. The lowest BCUT2D eigenvalue weighted by Gasteiger charge is -2.43. The van der Waals surface area contributed by atoms with Gasteiger partial charge in [0.05, 0.1) is 0 Å². The van der Waals surface area contributed by atoms with Crippen molar-refractivity contribution >= 4 is 5.91 Å². The van der Waals surface area contributed by atoms with Crippen molar-refractivity contribution in [2.45, 2.75) is 52.2 Å². The first-order chi connectivity index (χ1) is 10.3. The van der Waals surface area contributed by atoms with Gasteiger partial charge in [0.25, 0.3) is 5.91 Å². The number of nitrogens with one attached hydrogen (secondary N) is 1. The molecule has 4 nitrogen and oxygen atoms in total. The highest BCUT2D eigenvalue weighted by Crippen LogP contribution is 2.41. The van der Waals surface area contributed by atoms with E-state index in [1.54, 1.807) is 18.2 Å². The van der Waals surface area contributed by atoms with Gasteiger partial charge in [-0.1, -0.05) is 39.3 Å². The smallest absolute Gasteiger partial charge is 0.252 e. The van der Waals surface area contributed by atoms with Crippen LogP contribution in [0.5, 0.6) is 5.75 Å². The van der Waals surface area contributed by atoms with E-state index in [9.17, 15) is 15.0 Å². The van der Waals surface area contributed by atoms with Crippen molar-refractivity contribution in [2.24, 2.45) is 17.8 Å². The van der Waals surface area contributed by atoms with Crippen LogP contribution in [0.1, 0.15) is 45.6 Å². The van der Waals surface area contributed by atoms with Gasteiger partial charge in [0.15, 0.2) is 0 Å². The molecule has 1 aromatic carbocycles. The van der Waals surface area contributed by atoms with Crippen molar-refractivity contribution in [2.75, 3.05) is 0 Å². The van der Waals surface area contributed by atoms with E-state index in [1.165, 1.54) is 0 Å². The Morgan fingerprint density at radius 3 is 2.77 bits per heavy atom. The van der Waals surface area contributed by atoms with Crippen molar-refractivity contribution in [3.63, 3.8) is 0 Å². The maximum absolute atomic E-state index is 12.6. The number of aliphatic hydroxyl groups is 1.